The third kappa shape index (κ3) is 8.23. The van der Waals surface area contributed by atoms with Crippen molar-refractivity contribution < 1.29 is 9.59 Å². The van der Waals surface area contributed by atoms with E-state index in [1.54, 1.807) is 0 Å². The summed E-state index contributed by atoms with van der Waals surface area (Å²) in [5.41, 5.74) is 8.95. The van der Waals surface area contributed by atoms with Crippen LogP contribution in [-0.2, 0) is 9.59 Å². The quantitative estimate of drug-likeness (QED) is 0.0807. The van der Waals surface area contributed by atoms with Gasteiger partial charge in [-0.25, -0.2) is 0 Å². The third-order valence-electron chi connectivity index (χ3n) is 11.2. The fraction of sp³-hybridized carbons (Fsp3) is 0.231. The topological polar surface area (TPSA) is 72.9 Å². The lowest BCUT2D eigenvalue weighted by atomic mass is 10.1. The number of unbranched alkanes of at least 4 members (excludes halogenated alkanes) is 6. The van der Waals surface area contributed by atoms with E-state index in [1.807, 2.05) is 119 Å². The van der Waals surface area contributed by atoms with Crippen molar-refractivity contribution in [3.05, 3.63) is 181 Å². The number of carbonyl (C=O) groups excluding carboxylic acids is 2. The molecule has 0 aliphatic carbocycles. The summed E-state index contributed by atoms with van der Waals surface area (Å²) in [6.07, 6.45) is 11.6. The molecule has 0 spiro atoms. The van der Waals surface area contributed by atoms with Crippen molar-refractivity contribution in [1.82, 2.24) is 19.8 Å². The van der Waals surface area contributed by atoms with E-state index in [-0.39, 0.29) is 11.8 Å². The Hall–Kier alpha value is -6.80. The van der Waals surface area contributed by atoms with E-state index in [9.17, 15) is 9.59 Å². The van der Waals surface area contributed by atoms with Gasteiger partial charge in [0.05, 0.1) is 57.7 Å². The molecular weight excluding hydrogens is 741 g/mol. The Morgan fingerprint density at radius 2 is 0.733 bits per heavy atom. The maximum absolute atomic E-state index is 15.0. The Morgan fingerprint density at radius 3 is 1.02 bits per heavy atom. The number of pyridine rings is 2. The minimum absolute atomic E-state index is 0.168. The van der Waals surface area contributed by atoms with E-state index in [0.717, 1.165) is 85.5 Å². The van der Waals surface area contributed by atoms with E-state index < -0.39 is 0 Å². The molecule has 0 saturated carbocycles. The van der Waals surface area contributed by atoms with Gasteiger partial charge in [0, 0.05) is 35.8 Å². The maximum atomic E-state index is 15.0. The Balaban J connectivity index is 1.23. The smallest absolute Gasteiger partial charge is 0.261 e. The standard InChI is InChI=1S/C52H52N6O2/c1-3-5-7-21-35-55-49(45-33-31-43(37-53-45)57(39-23-13-9-14-24-39)40-25-15-10-16-26-40)47-48(51(55)59)50(56(52(47)60)36-22-8-6-4-2)46-34-32-44(38-54-46)58(41-27-17-11-18-28-41)42-29-19-12-20-30-42/h9-20,23-34,37-38H,3-8,21-22,35-36H2,1-2H3. The maximum Gasteiger partial charge on any atom is 0.261 e. The average Bonchev–Trinajstić information content (AvgIpc) is 3.75. The monoisotopic (exact) mass is 792 g/mol. The summed E-state index contributed by atoms with van der Waals surface area (Å²) in [4.78, 5) is 47.9. The largest absolute Gasteiger partial charge is 0.309 e. The van der Waals surface area contributed by atoms with E-state index in [0.29, 0.717) is 47.0 Å². The molecule has 8 heteroatoms. The van der Waals surface area contributed by atoms with E-state index in [1.165, 1.54) is 0 Å². The second kappa shape index (κ2) is 18.9. The number of fused-ring (bicyclic) bond motifs is 1. The minimum atomic E-state index is -0.168. The highest BCUT2D eigenvalue weighted by molar-refractivity contribution is 6.30. The Kier molecular flexibility index (Phi) is 12.6. The highest BCUT2D eigenvalue weighted by Gasteiger charge is 2.49. The summed E-state index contributed by atoms with van der Waals surface area (Å²) < 4.78 is 0. The van der Waals surface area contributed by atoms with E-state index in [2.05, 4.69) is 72.2 Å². The van der Waals surface area contributed by atoms with Crippen LogP contribution in [0.1, 0.15) is 76.6 Å². The van der Waals surface area contributed by atoms with Crippen LogP contribution in [-0.4, -0.2) is 44.7 Å². The van der Waals surface area contributed by atoms with Crippen LogP contribution in [0.4, 0.5) is 34.1 Å². The van der Waals surface area contributed by atoms with Crippen LogP contribution in [0, 0.1) is 0 Å². The Bertz CT molecular complexity index is 2180. The Labute approximate surface area is 354 Å². The van der Waals surface area contributed by atoms with Crippen molar-refractivity contribution in [3.8, 4) is 0 Å². The molecule has 2 aliphatic heterocycles. The number of aromatic nitrogens is 2. The number of hydrogen-bond acceptors (Lipinski definition) is 6. The molecule has 0 radical (unpaired) electrons. The van der Waals surface area contributed by atoms with Gasteiger partial charge in [0.2, 0.25) is 0 Å². The molecule has 0 fully saturated rings. The number of amides is 2. The van der Waals surface area contributed by atoms with Crippen LogP contribution in [0.15, 0.2) is 169 Å². The van der Waals surface area contributed by atoms with Crippen molar-refractivity contribution in [2.75, 3.05) is 22.9 Å². The Morgan fingerprint density at radius 1 is 0.400 bits per heavy atom. The molecular formula is C52H52N6O2. The van der Waals surface area contributed by atoms with Crippen LogP contribution in [0.2, 0.25) is 0 Å². The van der Waals surface area contributed by atoms with Crippen LogP contribution in [0.5, 0.6) is 0 Å². The first-order valence-electron chi connectivity index (χ1n) is 21.4. The van der Waals surface area contributed by atoms with Gasteiger partial charge >= 0.3 is 0 Å². The van der Waals surface area contributed by atoms with Crippen molar-refractivity contribution in [3.63, 3.8) is 0 Å². The van der Waals surface area contributed by atoms with Crippen molar-refractivity contribution in [2.45, 2.75) is 65.2 Å². The zero-order valence-electron chi connectivity index (χ0n) is 34.6. The van der Waals surface area contributed by atoms with Gasteiger partial charge in [-0.3, -0.25) is 19.6 Å². The summed E-state index contributed by atoms with van der Waals surface area (Å²) in [7, 11) is 0. The van der Waals surface area contributed by atoms with Gasteiger partial charge < -0.3 is 19.6 Å². The highest BCUT2D eigenvalue weighted by atomic mass is 16.2. The van der Waals surface area contributed by atoms with Gasteiger partial charge in [0.25, 0.3) is 11.8 Å². The zero-order chi connectivity index (χ0) is 41.3. The molecule has 60 heavy (non-hydrogen) atoms. The molecule has 0 unspecified atom stereocenters. The fourth-order valence-corrected chi connectivity index (χ4v) is 8.27. The van der Waals surface area contributed by atoms with Gasteiger partial charge in [-0.05, 0) is 85.6 Å². The predicted octanol–water partition coefficient (Wildman–Crippen LogP) is 12.4. The number of anilines is 6. The molecule has 4 heterocycles. The van der Waals surface area contributed by atoms with Gasteiger partial charge in [-0.2, -0.15) is 0 Å². The third-order valence-corrected chi connectivity index (χ3v) is 11.2. The zero-order valence-corrected chi connectivity index (χ0v) is 34.6. The van der Waals surface area contributed by atoms with Crippen LogP contribution in [0.3, 0.4) is 0 Å². The first-order valence-corrected chi connectivity index (χ1v) is 21.4. The summed E-state index contributed by atoms with van der Waals surface area (Å²) in [6.45, 7) is 5.36. The van der Waals surface area contributed by atoms with Crippen molar-refractivity contribution in [1.29, 1.82) is 0 Å². The summed E-state index contributed by atoms with van der Waals surface area (Å²) >= 11 is 0. The SMILES string of the molecule is CCCCCCN1C(=O)C2=C(c3ccc(N(c4ccccc4)c4ccccc4)cn3)N(CCCCCC)C(=O)C2=C1c1ccc(N(c2ccccc2)c2ccccc2)cn1. The summed E-state index contributed by atoms with van der Waals surface area (Å²) in [6, 6.07) is 48.8. The molecule has 2 amide bonds. The molecule has 8 rings (SSSR count). The van der Waals surface area contributed by atoms with Gasteiger partial charge in [-0.1, -0.05) is 125 Å². The lowest BCUT2D eigenvalue weighted by Gasteiger charge is -2.27. The molecule has 0 saturated heterocycles. The summed E-state index contributed by atoms with van der Waals surface area (Å²) in [5, 5.41) is 0. The number of nitrogens with zero attached hydrogens (tertiary/aromatic N) is 6. The van der Waals surface area contributed by atoms with E-state index >= 15 is 0 Å². The highest BCUT2D eigenvalue weighted by Crippen LogP contribution is 2.47. The minimum Gasteiger partial charge on any atom is -0.309 e. The molecule has 8 nitrogen and oxygen atoms in total. The molecule has 6 aromatic rings. The molecule has 4 aromatic carbocycles. The van der Waals surface area contributed by atoms with E-state index in [4.69, 9.17) is 9.97 Å². The first-order chi connectivity index (χ1) is 29.6. The average molecular weight is 793 g/mol. The number of para-hydroxylation sites is 4. The predicted molar refractivity (Wildman–Crippen MR) is 243 cm³/mol. The van der Waals surface area contributed by atoms with Gasteiger partial charge in [-0.15, -0.1) is 0 Å². The fourth-order valence-electron chi connectivity index (χ4n) is 8.27. The lowest BCUT2D eigenvalue weighted by molar-refractivity contribution is -0.124. The van der Waals surface area contributed by atoms with Crippen molar-refractivity contribution in [2.24, 2.45) is 0 Å². The second-order valence-corrected chi connectivity index (χ2v) is 15.3. The molecule has 2 aromatic heterocycles. The number of benzene rings is 4. The molecule has 0 N–H and O–H groups in total. The first kappa shape index (κ1) is 40.0. The number of rotatable bonds is 18. The molecule has 302 valence electrons. The molecule has 0 atom stereocenters. The number of hydrogen-bond donors (Lipinski definition) is 0. The lowest BCUT2D eigenvalue weighted by Crippen LogP contribution is -2.31. The van der Waals surface area contributed by atoms with Crippen LogP contribution in [0.25, 0.3) is 11.4 Å². The summed E-state index contributed by atoms with van der Waals surface area (Å²) in [5.74, 6) is -0.337. The normalized spacial score (nSPS) is 13.7. The van der Waals surface area contributed by atoms with Gasteiger partial charge in [0.1, 0.15) is 0 Å². The van der Waals surface area contributed by atoms with Crippen LogP contribution < -0.4 is 9.80 Å². The second-order valence-electron chi connectivity index (χ2n) is 15.3. The number of carbonyl (C=O) groups is 2. The van der Waals surface area contributed by atoms with Crippen LogP contribution >= 0.6 is 0 Å². The molecule has 0 bridgehead atoms. The molecule has 2 aliphatic rings. The van der Waals surface area contributed by atoms with Gasteiger partial charge in [0.15, 0.2) is 0 Å². The van der Waals surface area contributed by atoms with Crippen molar-refractivity contribution >= 4 is 57.3 Å².